The number of rotatable bonds is 6. The Hall–Kier alpha value is -2.18. The van der Waals surface area contributed by atoms with E-state index in [2.05, 4.69) is 27.5 Å². The molecule has 0 radical (unpaired) electrons. The molecule has 6 heteroatoms. The first kappa shape index (κ1) is 18.6. The van der Waals surface area contributed by atoms with Crippen LogP contribution in [-0.2, 0) is 6.54 Å². The van der Waals surface area contributed by atoms with Crippen LogP contribution in [0, 0.1) is 0 Å². The highest BCUT2D eigenvalue weighted by Gasteiger charge is 2.14. The molecule has 2 aromatic carbocycles. The zero-order chi connectivity index (χ0) is 18.7. The summed E-state index contributed by atoms with van der Waals surface area (Å²) < 4.78 is 2.51. The fraction of sp³-hybridized carbons (Fsp3) is 0.150. The van der Waals surface area contributed by atoms with Gasteiger partial charge in [0.05, 0.1) is 16.7 Å². The number of hydrogen-bond donors (Lipinski definition) is 0. The molecule has 0 aliphatic heterocycles. The van der Waals surface area contributed by atoms with E-state index < -0.39 is 0 Å². The number of aromatic nitrogens is 2. The Morgan fingerprint density at radius 3 is 2.58 bits per heavy atom. The van der Waals surface area contributed by atoms with Gasteiger partial charge in [0, 0.05) is 16.6 Å². The van der Waals surface area contributed by atoms with Crippen LogP contribution in [0.1, 0.15) is 17.3 Å². The van der Waals surface area contributed by atoms with Crippen molar-refractivity contribution in [1.82, 2.24) is 9.55 Å². The van der Waals surface area contributed by atoms with Gasteiger partial charge in [0.2, 0.25) is 0 Å². The minimum atomic E-state index is -0.114. The van der Waals surface area contributed by atoms with E-state index in [9.17, 15) is 9.59 Å². The lowest BCUT2D eigenvalue weighted by atomic mass is 10.2. The molecular formula is C20H17BrN2O2S. The SMILES string of the molecule is C=C(C)Cn1c(SCC(=O)c2ccc(Br)cc2)nc2ccccc2c1=O. The van der Waals surface area contributed by atoms with Crippen LogP contribution in [0.3, 0.4) is 0 Å². The lowest BCUT2D eigenvalue weighted by Crippen LogP contribution is -2.24. The number of carbonyl (C=O) groups excluding carboxylic acids is 1. The Morgan fingerprint density at radius 1 is 1.19 bits per heavy atom. The summed E-state index contributed by atoms with van der Waals surface area (Å²) in [5, 5.41) is 1.10. The zero-order valence-electron chi connectivity index (χ0n) is 14.2. The van der Waals surface area contributed by atoms with E-state index in [1.165, 1.54) is 11.8 Å². The van der Waals surface area contributed by atoms with Crippen molar-refractivity contribution < 1.29 is 4.79 Å². The quantitative estimate of drug-likeness (QED) is 0.247. The van der Waals surface area contributed by atoms with Crippen LogP contribution in [0.25, 0.3) is 10.9 Å². The third-order valence-electron chi connectivity index (χ3n) is 3.75. The predicted molar refractivity (Wildman–Crippen MR) is 110 cm³/mol. The molecule has 0 amide bonds. The van der Waals surface area contributed by atoms with Crippen LogP contribution >= 0.6 is 27.7 Å². The van der Waals surface area contributed by atoms with E-state index in [0.717, 1.165) is 10.0 Å². The number of benzene rings is 2. The molecular weight excluding hydrogens is 412 g/mol. The molecule has 0 fully saturated rings. The third kappa shape index (κ3) is 4.14. The van der Waals surface area contributed by atoms with Crippen molar-refractivity contribution >= 4 is 44.4 Å². The molecule has 0 N–H and O–H groups in total. The molecule has 1 heterocycles. The maximum Gasteiger partial charge on any atom is 0.262 e. The normalized spacial score (nSPS) is 10.8. The van der Waals surface area contributed by atoms with Gasteiger partial charge in [-0.25, -0.2) is 4.98 Å². The Kier molecular flexibility index (Phi) is 5.74. The molecule has 0 unspecified atom stereocenters. The maximum absolute atomic E-state index is 12.8. The number of halogens is 1. The molecule has 132 valence electrons. The standard InChI is InChI=1S/C20H17BrN2O2S/c1-13(2)11-23-19(25)16-5-3-4-6-17(16)22-20(23)26-12-18(24)14-7-9-15(21)10-8-14/h3-10H,1,11-12H2,2H3. The number of allylic oxidation sites excluding steroid dienone is 1. The number of carbonyl (C=O) groups is 1. The molecule has 3 rings (SSSR count). The lowest BCUT2D eigenvalue weighted by Gasteiger charge is -2.12. The molecule has 1 aromatic heterocycles. The molecule has 0 spiro atoms. The molecule has 4 nitrogen and oxygen atoms in total. The zero-order valence-corrected chi connectivity index (χ0v) is 16.6. The summed E-state index contributed by atoms with van der Waals surface area (Å²) in [6.07, 6.45) is 0. The third-order valence-corrected chi connectivity index (χ3v) is 5.26. The van der Waals surface area contributed by atoms with Crippen molar-refractivity contribution in [2.45, 2.75) is 18.6 Å². The fourth-order valence-corrected chi connectivity index (χ4v) is 3.67. The molecule has 0 aliphatic rings. The predicted octanol–water partition coefficient (Wildman–Crippen LogP) is 4.71. The Morgan fingerprint density at radius 2 is 1.88 bits per heavy atom. The van der Waals surface area contributed by atoms with Crippen molar-refractivity contribution in [2.75, 3.05) is 5.75 Å². The summed E-state index contributed by atoms with van der Waals surface area (Å²) in [4.78, 5) is 29.9. The Labute approximate surface area is 164 Å². The van der Waals surface area contributed by atoms with Gasteiger partial charge in [0.1, 0.15) is 0 Å². The van der Waals surface area contributed by atoms with Gasteiger partial charge in [-0.2, -0.15) is 0 Å². The van der Waals surface area contributed by atoms with Gasteiger partial charge in [-0.15, -0.1) is 0 Å². The van der Waals surface area contributed by atoms with Gasteiger partial charge in [-0.1, -0.05) is 64.1 Å². The van der Waals surface area contributed by atoms with Crippen molar-refractivity contribution in [3.8, 4) is 0 Å². The van der Waals surface area contributed by atoms with Gasteiger partial charge >= 0.3 is 0 Å². The largest absolute Gasteiger partial charge is 0.293 e. The lowest BCUT2D eigenvalue weighted by molar-refractivity contribution is 0.102. The van der Waals surface area contributed by atoms with E-state index in [1.807, 2.05) is 37.3 Å². The summed E-state index contributed by atoms with van der Waals surface area (Å²) in [6, 6.07) is 14.5. The minimum Gasteiger partial charge on any atom is -0.293 e. The van der Waals surface area contributed by atoms with Gasteiger partial charge in [0.25, 0.3) is 5.56 Å². The summed E-state index contributed by atoms with van der Waals surface area (Å²) in [5.41, 5.74) is 2.01. The topological polar surface area (TPSA) is 52.0 Å². The summed E-state index contributed by atoms with van der Waals surface area (Å²) >= 11 is 4.64. The monoisotopic (exact) mass is 428 g/mol. The van der Waals surface area contributed by atoms with E-state index >= 15 is 0 Å². The molecule has 0 saturated carbocycles. The van der Waals surface area contributed by atoms with Gasteiger partial charge in [-0.3, -0.25) is 14.2 Å². The number of ketones is 1. The van der Waals surface area contributed by atoms with Crippen LogP contribution in [0.5, 0.6) is 0 Å². The minimum absolute atomic E-state index is 0.00761. The van der Waals surface area contributed by atoms with Crippen LogP contribution in [0.4, 0.5) is 0 Å². The number of Topliss-reactive ketones (excluding diaryl/α,β-unsaturated/α-hetero) is 1. The number of para-hydroxylation sites is 1. The van der Waals surface area contributed by atoms with Crippen LogP contribution in [0.2, 0.25) is 0 Å². The highest BCUT2D eigenvalue weighted by atomic mass is 79.9. The van der Waals surface area contributed by atoms with E-state index in [0.29, 0.717) is 28.2 Å². The van der Waals surface area contributed by atoms with Gasteiger partial charge in [0.15, 0.2) is 10.9 Å². The first-order valence-corrected chi connectivity index (χ1v) is 9.79. The first-order valence-electron chi connectivity index (χ1n) is 8.01. The average Bonchev–Trinajstić information content (AvgIpc) is 2.63. The second-order valence-corrected chi connectivity index (χ2v) is 7.84. The fourth-order valence-electron chi connectivity index (χ4n) is 2.52. The van der Waals surface area contributed by atoms with Crippen LogP contribution < -0.4 is 5.56 Å². The molecule has 0 aliphatic carbocycles. The molecule has 3 aromatic rings. The molecule has 0 atom stereocenters. The van der Waals surface area contributed by atoms with Crippen LogP contribution in [-0.4, -0.2) is 21.1 Å². The van der Waals surface area contributed by atoms with Gasteiger partial charge < -0.3 is 0 Å². The van der Waals surface area contributed by atoms with E-state index in [4.69, 9.17) is 0 Å². The smallest absolute Gasteiger partial charge is 0.262 e. The number of thioether (sulfide) groups is 1. The number of hydrogen-bond acceptors (Lipinski definition) is 4. The highest BCUT2D eigenvalue weighted by molar-refractivity contribution is 9.10. The Balaban J connectivity index is 1.93. The molecule has 0 saturated heterocycles. The summed E-state index contributed by atoms with van der Waals surface area (Å²) in [5.74, 6) is 0.203. The Bertz CT molecular complexity index is 1040. The van der Waals surface area contributed by atoms with Crippen molar-refractivity contribution in [3.63, 3.8) is 0 Å². The molecule has 0 bridgehead atoms. The summed E-state index contributed by atoms with van der Waals surface area (Å²) in [6.45, 7) is 6.14. The molecule has 26 heavy (non-hydrogen) atoms. The second kappa shape index (κ2) is 8.01. The average molecular weight is 429 g/mol. The number of nitrogens with zero attached hydrogens (tertiary/aromatic N) is 2. The maximum atomic E-state index is 12.8. The van der Waals surface area contributed by atoms with Crippen molar-refractivity contribution in [3.05, 3.63) is 81.1 Å². The van der Waals surface area contributed by atoms with Gasteiger partial charge in [-0.05, 0) is 31.2 Å². The van der Waals surface area contributed by atoms with Crippen molar-refractivity contribution in [2.24, 2.45) is 0 Å². The first-order chi connectivity index (χ1) is 12.5. The summed E-state index contributed by atoms with van der Waals surface area (Å²) in [7, 11) is 0. The second-order valence-electron chi connectivity index (χ2n) is 5.98. The number of fused-ring (bicyclic) bond motifs is 1. The van der Waals surface area contributed by atoms with Crippen LogP contribution in [0.15, 0.2) is 75.1 Å². The van der Waals surface area contributed by atoms with E-state index in [1.54, 1.807) is 22.8 Å². The van der Waals surface area contributed by atoms with Crippen molar-refractivity contribution in [1.29, 1.82) is 0 Å². The highest BCUT2D eigenvalue weighted by Crippen LogP contribution is 2.20. The van der Waals surface area contributed by atoms with E-state index in [-0.39, 0.29) is 17.1 Å².